The lowest BCUT2D eigenvalue weighted by Gasteiger charge is -2.32. The molecule has 1 saturated heterocycles. The molecule has 1 fully saturated rings. The van der Waals surface area contributed by atoms with Crippen molar-refractivity contribution in [3.05, 3.63) is 29.8 Å². The van der Waals surface area contributed by atoms with Gasteiger partial charge in [-0.2, -0.15) is 0 Å². The van der Waals surface area contributed by atoms with E-state index in [1.807, 2.05) is 0 Å². The van der Waals surface area contributed by atoms with Gasteiger partial charge in [0.25, 0.3) is 0 Å². The Morgan fingerprint density at radius 3 is 2.72 bits per heavy atom. The van der Waals surface area contributed by atoms with Gasteiger partial charge in [-0.25, -0.2) is 0 Å². The molecule has 1 aromatic rings. The van der Waals surface area contributed by atoms with Crippen LogP contribution in [-0.2, 0) is 6.42 Å². The summed E-state index contributed by atoms with van der Waals surface area (Å²) in [6.07, 6.45) is 5.29. The summed E-state index contributed by atoms with van der Waals surface area (Å²) in [6, 6.07) is 8.47. The molecule has 0 aliphatic carbocycles. The number of rotatable bonds is 5. The van der Waals surface area contributed by atoms with Gasteiger partial charge in [-0.15, -0.1) is 0 Å². The fraction of sp³-hybridized carbons (Fsp3) is 0.625. The fourth-order valence-corrected chi connectivity index (χ4v) is 2.77. The van der Waals surface area contributed by atoms with Gasteiger partial charge in [0.2, 0.25) is 0 Å². The maximum Gasteiger partial charge on any atom is 0.118 e. The van der Waals surface area contributed by atoms with E-state index in [0.29, 0.717) is 0 Å². The van der Waals surface area contributed by atoms with E-state index in [0.717, 1.165) is 18.1 Å². The molecule has 2 rings (SSSR count). The SMILES string of the molecule is CCC1CCCN(CCc2ccc(OC)cc2)C1. The molecule has 2 heteroatoms. The van der Waals surface area contributed by atoms with Gasteiger partial charge in [-0.05, 0) is 49.4 Å². The Morgan fingerprint density at radius 1 is 1.28 bits per heavy atom. The number of nitrogens with zero attached hydrogens (tertiary/aromatic N) is 1. The van der Waals surface area contributed by atoms with Crippen LogP contribution < -0.4 is 4.74 Å². The van der Waals surface area contributed by atoms with Gasteiger partial charge in [0.05, 0.1) is 7.11 Å². The second-order valence-corrected chi connectivity index (χ2v) is 5.32. The molecule has 18 heavy (non-hydrogen) atoms. The van der Waals surface area contributed by atoms with E-state index < -0.39 is 0 Å². The smallest absolute Gasteiger partial charge is 0.118 e. The van der Waals surface area contributed by atoms with Crippen LogP contribution in [0.3, 0.4) is 0 Å². The van der Waals surface area contributed by atoms with Crippen LogP contribution in [0.2, 0.25) is 0 Å². The van der Waals surface area contributed by atoms with Crippen LogP contribution in [0.5, 0.6) is 5.75 Å². The van der Waals surface area contributed by atoms with Gasteiger partial charge >= 0.3 is 0 Å². The topological polar surface area (TPSA) is 12.5 Å². The van der Waals surface area contributed by atoms with Gasteiger partial charge < -0.3 is 9.64 Å². The quantitative estimate of drug-likeness (QED) is 0.791. The summed E-state index contributed by atoms with van der Waals surface area (Å²) in [5, 5.41) is 0. The van der Waals surface area contributed by atoms with Crippen LogP contribution >= 0.6 is 0 Å². The summed E-state index contributed by atoms with van der Waals surface area (Å²) in [7, 11) is 1.72. The predicted octanol–water partition coefficient (Wildman–Crippen LogP) is 3.36. The lowest BCUT2D eigenvalue weighted by Crippen LogP contribution is -2.36. The molecule has 1 heterocycles. The monoisotopic (exact) mass is 247 g/mol. The second-order valence-electron chi connectivity index (χ2n) is 5.32. The lowest BCUT2D eigenvalue weighted by atomic mass is 9.95. The van der Waals surface area contributed by atoms with E-state index in [1.54, 1.807) is 7.11 Å². The zero-order valence-electron chi connectivity index (χ0n) is 11.7. The molecular weight excluding hydrogens is 222 g/mol. The minimum atomic E-state index is 0.926. The molecule has 0 radical (unpaired) electrons. The first-order valence-corrected chi connectivity index (χ1v) is 7.17. The molecule has 0 aromatic heterocycles. The summed E-state index contributed by atoms with van der Waals surface area (Å²) in [5.41, 5.74) is 1.41. The van der Waals surface area contributed by atoms with Crippen molar-refractivity contribution < 1.29 is 4.74 Å². The van der Waals surface area contributed by atoms with Crippen molar-refractivity contribution in [2.24, 2.45) is 5.92 Å². The van der Waals surface area contributed by atoms with Crippen molar-refractivity contribution in [1.29, 1.82) is 0 Å². The molecule has 0 bridgehead atoms. The summed E-state index contributed by atoms with van der Waals surface area (Å²) in [4.78, 5) is 2.63. The number of hydrogen-bond acceptors (Lipinski definition) is 2. The second kappa shape index (κ2) is 6.79. The average Bonchev–Trinajstić information content (AvgIpc) is 2.46. The van der Waals surface area contributed by atoms with E-state index in [4.69, 9.17) is 4.74 Å². The van der Waals surface area contributed by atoms with Gasteiger partial charge in [-0.1, -0.05) is 25.5 Å². The molecule has 0 spiro atoms. The molecule has 1 aliphatic heterocycles. The summed E-state index contributed by atoms with van der Waals surface area (Å²) in [6.45, 7) is 6.10. The predicted molar refractivity (Wildman–Crippen MR) is 76.2 cm³/mol. The van der Waals surface area contributed by atoms with Crippen molar-refractivity contribution in [2.75, 3.05) is 26.7 Å². The van der Waals surface area contributed by atoms with Gasteiger partial charge in [0, 0.05) is 13.1 Å². The molecule has 0 saturated carbocycles. The third-order valence-electron chi connectivity index (χ3n) is 4.06. The highest BCUT2D eigenvalue weighted by molar-refractivity contribution is 5.27. The van der Waals surface area contributed by atoms with Crippen LogP contribution in [0.25, 0.3) is 0 Å². The van der Waals surface area contributed by atoms with E-state index in [9.17, 15) is 0 Å². The van der Waals surface area contributed by atoms with Crippen molar-refractivity contribution >= 4 is 0 Å². The summed E-state index contributed by atoms with van der Waals surface area (Å²) < 4.78 is 5.18. The first-order chi connectivity index (χ1) is 8.81. The number of likely N-dealkylation sites (tertiary alicyclic amines) is 1. The Morgan fingerprint density at radius 2 is 2.06 bits per heavy atom. The van der Waals surface area contributed by atoms with Crippen molar-refractivity contribution in [2.45, 2.75) is 32.6 Å². The van der Waals surface area contributed by atoms with E-state index in [2.05, 4.69) is 36.1 Å². The zero-order chi connectivity index (χ0) is 12.8. The Bertz CT molecular complexity index is 347. The lowest BCUT2D eigenvalue weighted by molar-refractivity contribution is 0.173. The first-order valence-electron chi connectivity index (χ1n) is 7.17. The zero-order valence-corrected chi connectivity index (χ0v) is 11.7. The maximum atomic E-state index is 5.18. The molecule has 1 unspecified atom stereocenters. The highest BCUT2D eigenvalue weighted by atomic mass is 16.5. The van der Waals surface area contributed by atoms with Gasteiger partial charge in [-0.3, -0.25) is 0 Å². The fourth-order valence-electron chi connectivity index (χ4n) is 2.77. The van der Waals surface area contributed by atoms with Crippen molar-refractivity contribution in [1.82, 2.24) is 4.90 Å². The molecule has 100 valence electrons. The maximum absolute atomic E-state index is 5.18. The number of methoxy groups -OCH3 is 1. The Balaban J connectivity index is 1.79. The number of hydrogen-bond donors (Lipinski definition) is 0. The Kier molecular flexibility index (Phi) is 5.06. The molecule has 0 amide bonds. The Hall–Kier alpha value is -1.02. The van der Waals surface area contributed by atoms with Crippen LogP contribution in [-0.4, -0.2) is 31.6 Å². The highest BCUT2D eigenvalue weighted by Crippen LogP contribution is 2.19. The van der Waals surface area contributed by atoms with Crippen LogP contribution in [0.1, 0.15) is 31.7 Å². The third kappa shape index (κ3) is 3.74. The molecule has 0 N–H and O–H groups in total. The minimum absolute atomic E-state index is 0.926. The highest BCUT2D eigenvalue weighted by Gasteiger charge is 2.17. The standard InChI is InChI=1S/C16H25NO/c1-3-14-5-4-11-17(13-14)12-10-15-6-8-16(18-2)9-7-15/h6-9,14H,3-5,10-13H2,1-2H3. The molecule has 2 nitrogen and oxygen atoms in total. The largest absolute Gasteiger partial charge is 0.497 e. The minimum Gasteiger partial charge on any atom is -0.497 e. The van der Waals surface area contributed by atoms with Crippen LogP contribution in [0, 0.1) is 5.92 Å². The van der Waals surface area contributed by atoms with Gasteiger partial charge in [0.15, 0.2) is 0 Å². The summed E-state index contributed by atoms with van der Waals surface area (Å²) >= 11 is 0. The third-order valence-corrected chi connectivity index (χ3v) is 4.06. The Labute approximate surface area is 111 Å². The molecule has 1 aliphatic rings. The molecule has 1 atom stereocenters. The van der Waals surface area contributed by atoms with E-state index >= 15 is 0 Å². The van der Waals surface area contributed by atoms with Crippen LogP contribution in [0.15, 0.2) is 24.3 Å². The number of ether oxygens (including phenoxy) is 1. The summed E-state index contributed by atoms with van der Waals surface area (Å²) in [5.74, 6) is 1.87. The molecular formula is C16H25NO. The van der Waals surface area contributed by atoms with E-state index in [1.165, 1.54) is 44.5 Å². The first kappa shape index (κ1) is 13.4. The number of benzene rings is 1. The van der Waals surface area contributed by atoms with E-state index in [-0.39, 0.29) is 0 Å². The van der Waals surface area contributed by atoms with Gasteiger partial charge in [0.1, 0.15) is 5.75 Å². The molecule has 1 aromatic carbocycles. The van der Waals surface area contributed by atoms with Crippen LogP contribution in [0.4, 0.5) is 0 Å². The van der Waals surface area contributed by atoms with Crippen molar-refractivity contribution in [3.8, 4) is 5.75 Å². The number of piperidine rings is 1. The normalized spacial score (nSPS) is 20.9. The average molecular weight is 247 g/mol. The van der Waals surface area contributed by atoms with Crippen molar-refractivity contribution in [3.63, 3.8) is 0 Å².